The predicted molar refractivity (Wildman–Crippen MR) is 99.5 cm³/mol. The number of hydrogen-bond donors (Lipinski definition) is 1. The topological polar surface area (TPSA) is 103 Å². The number of hydrogen-bond acceptors (Lipinski definition) is 6. The number of rotatable bonds is 5. The van der Waals surface area contributed by atoms with Crippen LogP contribution in [0.5, 0.6) is 0 Å². The van der Waals surface area contributed by atoms with Crippen LogP contribution in [-0.4, -0.2) is 24.4 Å². The summed E-state index contributed by atoms with van der Waals surface area (Å²) in [5, 5.41) is 14.1. The molecule has 0 saturated carbocycles. The highest BCUT2D eigenvalue weighted by atomic mass is 35.5. The Morgan fingerprint density at radius 2 is 1.85 bits per heavy atom. The first kappa shape index (κ1) is 19.6. The third-order valence-electron chi connectivity index (χ3n) is 3.86. The minimum atomic E-state index is -0.867. The summed E-state index contributed by atoms with van der Waals surface area (Å²) < 4.78 is 6.94. The quantitative estimate of drug-likeness (QED) is 0.621. The maximum absolute atomic E-state index is 12.2. The molecule has 0 aliphatic carbocycles. The van der Waals surface area contributed by atoms with Crippen molar-refractivity contribution in [2.75, 3.05) is 0 Å². The smallest absolute Gasteiger partial charge is 0.332 e. The van der Waals surface area contributed by atoms with E-state index in [0.29, 0.717) is 10.6 Å². The van der Waals surface area contributed by atoms with Crippen molar-refractivity contribution in [1.82, 2.24) is 19.3 Å². The van der Waals surface area contributed by atoms with Gasteiger partial charge < -0.3 is 9.63 Å². The molecule has 0 aliphatic rings. The van der Waals surface area contributed by atoms with E-state index in [1.54, 1.807) is 24.3 Å². The number of aliphatic hydroxyl groups is 1. The molecule has 0 unspecified atom stereocenters. The summed E-state index contributed by atoms with van der Waals surface area (Å²) in [6.07, 6.45) is -0.785. The van der Waals surface area contributed by atoms with Crippen LogP contribution in [0.15, 0.2) is 38.4 Å². The zero-order valence-electron chi connectivity index (χ0n) is 13.9. The van der Waals surface area contributed by atoms with E-state index in [-0.39, 0.29) is 34.9 Å². The summed E-state index contributed by atoms with van der Waals surface area (Å²) in [4.78, 5) is 28.5. The highest BCUT2D eigenvalue weighted by Crippen LogP contribution is 2.19. The molecule has 0 aliphatic heterocycles. The fourth-order valence-electron chi connectivity index (χ4n) is 2.39. The Morgan fingerprint density at radius 1 is 1.19 bits per heavy atom. The molecule has 142 valence electrons. The van der Waals surface area contributed by atoms with E-state index in [0.717, 1.165) is 9.13 Å². The Kier molecular flexibility index (Phi) is 5.71. The monoisotopic (exact) mass is 430 g/mol. The second-order valence-corrected chi connectivity index (χ2v) is 6.89. The summed E-state index contributed by atoms with van der Waals surface area (Å²) in [5.74, 6) is 0.239. The molecule has 2 aromatic heterocycles. The third kappa shape index (κ3) is 4.08. The first-order valence-corrected chi connectivity index (χ1v) is 8.81. The van der Waals surface area contributed by atoms with E-state index >= 15 is 0 Å². The largest absolute Gasteiger partial charge is 0.388 e. The molecule has 0 radical (unpaired) electrons. The number of aliphatic hydroxyl groups excluding tert-OH is 1. The summed E-state index contributed by atoms with van der Waals surface area (Å²) >= 11 is 17.5. The molecule has 11 heteroatoms. The van der Waals surface area contributed by atoms with E-state index in [4.69, 9.17) is 39.3 Å². The first-order chi connectivity index (χ1) is 12.8. The first-order valence-electron chi connectivity index (χ1n) is 7.67. The number of halogens is 3. The van der Waals surface area contributed by atoms with Crippen molar-refractivity contribution >= 4 is 34.8 Å². The molecular weight excluding hydrogens is 419 g/mol. The summed E-state index contributed by atoms with van der Waals surface area (Å²) in [5.41, 5.74) is -0.790. The third-order valence-corrected chi connectivity index (χ3v) is 4.99. The summed E-state index contributed by atoms with van der Waals surface area (Å²) in [6.45, 7) is -0.271. The van der Waals surface area contributed by atoms with Gasteiger partial charge >= 0.3 is 5.69 Å². The Hall–Kier alpha value is -2.13. The van der Waals surface area contributed by atoms with Crippen molar-refractivity contribution in [3.63, 3.8) is 0 Å². The molecule has 1 aromatic carbocycles. The van der Waals surface area contributed by atoms with Gasteiger partial charge in [0.2, 0.25) is 5.89 Å². The highest BCUT2D eigenvalue weighted by molar-refractivity contribution is 6.41. The van der Waals surface area contributed by atoms with E-state index < -0.39 is 17.4 Å². The summed E-state index contributed by atoms with van der Waals surface area (Å²) in [7, 11) is 1.38. The average molecular weight is 432 g/mol. The molecule has 27 heavy (non-hydrogen) atoms. The number of benzene rings is 1. The summed E-state index contributed by atoms with van der Waals surface area (Å²) in [6, 6.07) is 6.70. The van der Waals surface area contributed by atoms with Crippen LogP contribution in [0.1, 0.15) is 23.4 Å². The van der Waals surface area contributed by atoms with Crippen molar-refractivity contribution in [2.45, 2.75) is 19.1 Å². The molecule has 0 spiro atoms. The second-order valence-electron chi connectivity index (χ2n) is 5.71. The van der Waals surface area contributed by atoms with Gasteiger partial charge in [0.25, 0.3) is 5.56 Å². The SMILES string of the molecule is Cn1c(Cl)c(Cl)c(=O)n(Cc2nc(C[C@H](O)c3ccc(Cl)cc3)no2)c1=O. The molecule has 1 N–H and O–H groups in total. The van der Waals surface area contributed by atoms with E-state index in [9.17, 15) is 14.7 Å². The van der Waals surface area contributed by atoms with Crippen molar-refractivity contribution in [2.24, 2.45) is 7.05 Å². The van der Waals surface area contributed by atoms with Gasteiger partial charge in [-0.3, -0.25) is 9.36 Å². The highest BCUT2D eigenvalue weighted by Gasteiger charge is 2.18. The van der Waals surface area contributed by atoms with E-state index in [2.05, 4.69) is 10.1 Å². The van der Waals surface area contributed by atoms with Gasteiger partial charge in [-0.1, -0.05) is 52.1 Å². The van der Waals surface area contributed by atoms with Crippen LogP contribution in [0.25, 0.3) is 0 Å². The lowest BCUT2D eigenvalue weighted by Gasteiger charge is -2.08. The van der Waals surface area contributed by atoms with Crippen LogP contribution in [-0.2, 0) is 20.0 Å². The van der Waals surface area contributed by atoms with E-state index in [1.165, 1.54) is 7.05 Å². The number of nitrogens with zero attached hydrogens (tertiary/aromatic N) is 4. The van der Waals surface area contributed by atoms with Gasteiger partial charge in [-0.25, -0.2) is 9.36 Å². The number of aromatic nitrogens is 4. The maximum atomic E-state index is 12.2. The lowest BCUT2D eigenvalue weighted by atomic mass is 10.1. The maximum Gasteiger partial charge on any atom is 0.332 e. The minimum Gasteiger partial charge on any atom is -0.388 e. The molecule has 8 nitrogen and oxygen atoms in total. The Morgan fingerprint density at radius 3 is 2.52 bits per heavy atom. The molecule has 2 heterocycles. The lowest BCUT2D eigenvalue weighted by Crippen LogP contribution is -2.39. The van der Waals surface area contributed by atoms with Crippen molar-refractivity contribution in [1.29, 1.82) is 0 Å². The average Bonchev–Trinajstić information content (AvgIpc) is 3.09. The van der Waals surface area contributed by atoms with E-state index in [1.807, 2.05) is 0 Å². The van der Waals surface area contributed by atoms with Gasteiger partial charge in [0.15, 0.2) is 5.82 Å². The molecule has 0 saturated heterocycles. The second kappa shape index (κ2) is 7.85. The minimum absolute atomic E-state index is 0.0193. The fraction of sp³-hybridized carbons (Fsp3) is 0.250. The van der Waals surface area contributed by atoms with Crippen LogP contribution in [0.2, 0.25) is 15.2 Å². The molecule has 3 rings (SSSR count). The van der Waals surface area contributed by atoms with Gasteiger partial charge in [0.1, 0.15) is 16.7 Å². The van der Waals surface area contributed by atoms with Crippen LogP contribution >= 0.6 is 34.8 Å². The molecule has 0 amide bonds. The Labute approximate surface area is 167 Å². The van der Waals surface area contributed by atoms with Crippen LogP contribution in [0.4, 0.5) is 0 Å². The van der Waals surface area contributed by atoms with Gasteiger partial charge in [0, 0.05) is 18.5 Å². The van der Waals surface area contributed by atoms with Gasteiger partial charge in [-0.05, 0) is 17.7 Å². The van der Waals surface area contributed by atoms with Crippen LogP contribution in [0.3, 0.4) is 0 Å². The van der Waals surface area contributed by atoms with Crippen LogP contribution in [0, 0.1) is 0 Å². The van der Waals surface area contributed by atoms with Gasteiger partial charge in [-0.15, -0.1) is 0 Å². The van der Waals surface area contributed by atoms with Gasteiger partial charge in [-0.2, -0.15) is 4.98 Å². The Balaban J connectivity index is 1.80. The predicted octanol–water partition coefficient (Wildman–Crippen LogP) is 2.21. The van der Waals surface area contributed by atoms with Crippen molar-refractivity contribution in [3.8, 4) is 0 Å². The normalized spacial score (nSPS) is 12.3. The Bertz CT molecular complexity index is 1050. The van der Waals surface area contributed by atoms with Gasteiger partial charge in [0.05, 0.1) is 6.10 Å². The zero-order valence-corrected chi connectivity index (χ0v) is 16.2. The molecule has 1 atom stereocenters. The van der Waals surface area contributed by atoms with Crippen molar-refractivity contribution in [3.05, 3.63) is 77.6 Å². The fourth-order valence-corrected chi connectivity index (χ4v) is 2.90. The standard InChI is InChI=1S/C16H13Cl3N4O4/c1-22-14(19)13(18)15(25)23(16(22)26)7-12-20-11(21-27-12)6-10(24)8-2-4-9(17)5-3-8/h2-5,10,24H,6-7H2,1H3/t10-/m0/s1. The van der Waals surface area contributed by atoms with Crippen molar-refractivity contribution < 1.29 is 9.63 Å². The zero-order chi connectivity index (χ0) is 19.7. The molecule has 0 fully saturated rings. The lowest BCUT2D eigenvalue weighted by molar-refractivity contribution is 0.174. The molecule has 0 bridgehead atoms. The molecule has 3 aromatic rings. The van der Waals surface area contributed by atoms with Crippen LogP contribution < -0.4 is 11.2 Å². The molecular formula is C16H13Cl3N4O4.